The minimum Gasteiger partial charge on any atom is -0.316 e. The molecule has 0 aromatic carbocycles. The van der Waals surface area contributed by atoms with Crippen LogP contribution < -0.4 is 5.32 Å². The van der Waals surface area contributed by atoms with E-state index in [4.69, 9.17) is 0 Å². The zero-order chi connectivity index (χ0) is 10.9. The van der Waals surface area contributed by atoms with Gasteiger partial charge in [0.1, 0.15) is 0 Å². The lowest BCUT2D eigenvalue weighted by Gasteiger charge is -2.21. The van der Waals surface area contributed by atoms with E-state index in [9.17, 15) is 0 Å². The second-order valence-electron chi connectivity index (χ2n) is 5.06. The molecule has 1 aliphatic rings. The Bertz CT molecular complexity index is 143. The zero-order valence-corrected chi connectivity index (χ0v) is 11.2. The van der Waals surface area contributed by atoms with Crippen molar-refractivity contribution in [3.8, 4) is 0 Å². The summed E-state index contributed by atoms with van der Waals surface area (Å²) in [5, 5.41) is 3.60. The fourth-order valence-corrected chi connectivity index (χ4v) is 3.16. The lowest BCUT2D eigenvalue weighted by atomic mass is 9.87. The second kappa shape index (κ2) is 8.46. The summed E-state index contributed by atoms with van der Waals surface area (Å²) in [4.78, 5) is 0. The normalized spacial score (nSPS) is 20.4. The highest BCUT2D eigenvalue weighted by molar-refractivity contribution is 7.98. The predicted octanol–water partition coefficient (Wildman–Crippen LogP) is 3.55. The molecule has 1 aliphatic carbocycles. The average molecular weight is 229 g/mol. The Morgan fingerprint density at radius 2 is 2.00 bits per heavy atom. The first-order valence-electron chi connectivity index (χ1n) is 6.52. The molecule has 0 heterocycles. The maximum Gasteiger partial charge on any atom is -0.00153 e. The van der Waals surface area contributed by atoms with Gasteiger partial charge in [-0.3, -0.25) is 0 Å². The molecule has 0 amide bonds. The summed E-state index contributed by atoms with van der Waals surface area (Å²) in [5.41, 5.74) is 0. The van der Waals surface area contributed by atoms with Crippen LogP contribution in [0.1, 0.15) is 45.4 Å². The van der Waals surface area contributed by atoms with Crippen molar-refractivity contribution in [2.45, 2.75) is 45.4 Å². The van der Waals surface area contributed by atoms with Gasteiger partial charge >= 0.3 is 0 Å². The van der Waals surface area contributed by atoms with E-state index in [1.165, 1.54) is 57.4 Å². The fraction of sp³-hybridized carbons (Fsp3) is 1.00. The van der Waals surface area contributed by atoms with Gasteiger partial charge in [0.2, 0.25) is 0 Å². The monoisotopic (exact) mass is 229 g/mol. The summed E-state index contributed by atoms with van der Waals surface area (Å²) in [6, 6.07) is 0. The van der Waals surface area contributed by atoms with Crippen molar-refractivity contribution in [3.05, 3.63) is 0 Å². The van der Waals surface area contributed by atoms with Crippen LogP contribution in [0.15, 0.2) is 0 Å². The molecule has 90 valence electrons. The Morgan fingerprint density at radius 3 is 2.67 bits per heavy atom. The van der Waals surface area contributed by atoms with Gasteiger partial charge in [-0.2, -0.15) is 11.8 Å². The largest absolute Gasteiger partial charge is 0.316 e. The third kappa shape index (κ3) is 6.47. The average Bonchev–Trinajstić information content (AvgIpc) is 2.26. The Balaban J connectivity index is 1.91. The molecule has 1 fully saturated rings. The minimum absolute atomic E-state index is 0.825. The van der Waals surface area contributed by atoms with Gasteiger partial charge in [0.25, 0.3) is 0 Å². The molecule has 1 atom stereocenters. The first kappa shape index (κ1) is 13.4. The van der Waals surface area contributed by atoms with E-state index in [1.54, 1.807) is 0 Å². The molecule has 0 aromatic rings. The van der Waals surface area contributed by atoms with Crippen LogP contribution in [-0.2, 0) is 0 Å². The standard InChI is InChI=1S/C13H27NS/c1-12(11-15-2)10-14-9-8-13-6-4-3-5-7-13/h12-14H,3-11H2,1-2H3. The van der Waals surface area contributed by atoms with Crippen molar-refractivity contribution in [1.29, 1.82) is 0 Å². The Labute approximate surface area is 99.8 Å². The molecule has 0 bridgehead atoms. The molecule has 0 radical (unpaired) electrons. The van der Waals surface area contributed by atoms with Gasteiger partial charge in [0, 0.05) is 0 Å². The molecular formula is C13H27NS. The Kier molecular flexibility index (Phi) is 7.54. The molecule has 0 aromatic heterocycles. The highest BCUT2D eigenvalue weighted by atomic mass is 32.2. The quantitative estimate of drug-likeness (QED) is 0.670. The maximum absolute atomic E-state index is 3.60. The molecule has 0 aliphatic heterocycles. The highest BCUT2D eigenvalue weighted by Crippen LogP contribution is 2.25. The van der Waals surface area contributed by atoms with Crippen LogP contribution in [-0.4, -0.2) is 25.1 Å². The van der Waals surface area contributed by atoms with Crippen LogP contribution in [0.3, 0.4) is 0 Å². The SMILES string of the molecule is CSCC(C)CNCCC1CCCCC1. The van der Waals surface area contributed by atoms with Crippen molar-refractivity contribution in [3.63, 3.8) is 0 Å². The molecule has 1 saturated carbocycles. The van der Waals surface area contributed by atoms with Crippen molar-refractivity contribution in [2.24, 2.45) is 11.8 Å². The maximum atomic E-state index is 3.60. The van der Waals surface area contributed by atoms with Crippen LogP contribution in [0.4, 0.5) is 0 Å². The van der Waals surface area contributed by atoms with Crippen LogP contribution in [0.5, 0.6) is 0 Å². The molecule has 1 nitrogen and oxygen atoms in total. The second-order valence-corrected chi connectivity index (χ2v) is 5.97. The number of thioether (sulfide) groups is 1. The van der Waals surface area contributed by atoms with E-state index in [2.05, 4.69) is 18.5 Å². The first-order chi connectivity index (χ1) is 7.33. The van der Waals surface area contributed by atoms with Gasteiger partial charge < -0.3 is 5.32 Å². The molecule has 1 rings (SSSR count). The van der Waals surface area contributed by atoms with E-state index in [0.717, 1.165) is 11.8 Å². The highest BCUT2D eigenvalue weighted by Gasteiger charge is 2.12. The van der Waals surface area contributed by atoms with Crippen LogP contribution in [0, 0.1) is 11.8 Å². The van der Waals surface area contributed by atoms with Gasteiger partial charge in [-0.25, -0.2) is 0 Å². The van der Waals surface area contributed by atoms with Crippen LogP contribution in [0.2, 0.25) is 0 Å². The van der Waals surface area contributed by atoms with Crippen LogP contribution >= 0.6 is 11.8 Å². The zero-order valence-electron chi connectivity index (χ0n) is 10.4. The minimum atomic E-state index is 0.825. The number of hydrogen-bond donors (Lipinski definition) is 1. The van der Waals surface area contributed by atoms with E-state index >= 15 is 0 Å². The molecule has 15 heavy (non-hydrogen) atoms. The van der Waals surface area contributed by atoms with Crippen LogP contribution in [0.25, 0.3) is 0 Å². The molecule has 0 spiro atoms. The molecule has 1 unspecified atom stereocenters. The van der Waals surface area contributed by atoms with E-state index in [-0.39, 0.29) is 0 Å². The predicted molar refractivity (Wildman–Crippen MR) is 71.6 cm³/mol. The fourth-order valence-electron chi connectivity index (χ4n) is 2.47. The lowest BCUT2D eigenvalue weighted by molar-refractivity contribution is 0.332. The summed E-state index contributed by atoms with van der Waals surface area (Å²) < 4.78 is 0. The van der Waals surface area contributed by atoms with Gasteiger partial charge in [-0.15, -0.1) is 0 Å². The van der Waals surface area contributed by atoms with Crippen molar-refractivity contribution in [2.75, 3.05) is 25.1 Å². The lowest BCUT2D eigenvalue weighted by Crippen LogP contribution is -2.25. The van der Waals surface area contributed by atoms with Crippen molar-refractivity contribution in [1.82, 2.24) is 5.32 Å². The van der Waals surface area contributed by atoms with E-state index in [0.29, 0.717) is 0 Å². The van der Waals surface area contributed by atoms with E-state index < -0.39 is 0 Å². The Hall–Kier alpha value is 0.310. The summed E-state index contributed by atoms with van der Waals surface area (Å²) in [7, 11) is 0. The number of nitrogens with one attached hydrogen (secondary N) is 1. The van der Waals surface area contributed by atoms with Gasteiger partial charge in [-0.1, -0.05) is 39.0 Å². The smallest absolute Gasteiger partial charge is 0.00153 e. The molecule has 2 heteroatoms. The molecular weight excluding hydrogens is 202 g/mol. The molecule has 0 saturated heterocycles. The van der Waals surface area contributed by atoms with E-state index in [1.807, 2.05) is 11.8 Å². The molecule has 1 N–H and O–H groups in total. The Morgan fingerprint density at radius 1 is 1.27 bits per heavy atom. The summed E-state index contributed by atoms with van der Waals surface area (Å²) in [6.07, 6.45) is 11.0. The van der Waals surface area contributed by atoms with Gasteiger partial charge in [0.05, 0.1) is 0 Å². The van der Waals surface area contributed by atoms with Gasteiger partial charge in [0.15, 0.2) is 0 Å². The van der Waals surface area contributed by atoms with Crippen molar-refractivity contribution >= 4 is 11.8 Å². The third-order valence-electron chi connectivity index (χ3n) is 3.40. The number of rotatable bonds is 7. The summed E-state index contributed by atoms with van der Waals surface area (Å²) in [6.45, 7) is 4.78. The number of hydrogen-bond acceptors (Lipinski definition) is 2. The summed E-state index contributed by atoms with van der Waals surface area (Å²) in [5.74, 6) is 3.14. The summed E-state index contributed by atoms with van der Waals surface area (Å²) >= 11 is 1.96. The van der Waals surface area contributed by atoms with Crippen molar-refractivity contribution < 1.29 is 0 Å². The van der Waals surface area contributed by atoms with Gasteiger partial charge in [-0.05, 0) is 43.4 Å². The first-order valence-corrected chi connectivity index (χ1v) is 7.92. The third-order valence-corrected chi connectivity index (χ3v) is 4.30. The topological polar surface area (TPSA) is 12.0 Å².